The van der Waals surface area contributed by atoms with E-state index in [1.807, 2.05) is 32.9 Å². The summed E-state index contributed by atoms with van der Waals surface area (Å²) >= 11 is 0. The Morgan fingerprint density at radius 3 is 1.39 bits per heavy atom. The molecule has 0 fully saturated rings. The van der Waals surface area contributed by atoms with E-state index < -0.39 is 0 Å². The molecular formula is C18H38. The molecule has 110 valence electrons. The van der Waals surface area contributed by atoms with E-state index in [0.29, 0.717) is 0 Å². The second kappa shape index (κ2) is 30.0. The highest BCUT2D eigenvalue weighted by atomic mass is 13.9. The minimum absolute atomic E-state index is 0.997. The fourth-order valence-electron chi connectivity index (χ4n) is 1.44. The molecule has 0 atom stereocenters. The van der Waals surface area contributed by atoms with Gasteiger partial charge in [-0.05, 0) is 13.3 Å². The standard InChI is InChI=1S/C10H22.C6H10.C2H6/c1-3-5-7-9-10-8-6-4-2;1-3-5-6-4-2;1-2/h3-10H2,1-2H3;3-4,6H,1,5H2,2H3;1-2H3/b;6-4-;. The van der Waals surface area contributed by atoms with Crippen LogP contribution in [-0.2, 0) is 0 Å². The molecule has 0 aliphatic rings. The zero-order chi connectivity index (χ0) is 14.5. The van der Waals surface area contributed by atoms with E-state index in [2.05, 4.69) is 26.5 Å². The van der Waals surface area contributed by atoms with Crippen LogP contribution in [0.3, 0.4) is 0 Å². The lowest BCUT2D eigenvalue weighted by Gasteiger charge is -1.97. The first-order valence-corrected chi connectivity index (χ1v) is 8.05. The summed E-state index contributed by atoms with van der Waals surface area (Å²) in [7, 11) is 0. The second-order valence-electron chi connectivity index (χ2n) is 4.21. The highest BCUT2D eigenvalue weighted by Gasteiger charge is 1.87. The van der Waals surface area contributed by atoms with E-state index >= 15 is 0 Å². The van der Waals surface area contributed by atoms with Crippen LogP contribution >= 0.6 is 0 Å². The summed E-state index contributed by atoms with van der Waals surface area (Å²) in [6, 6.07) is 0. The van der Waals surface area contributed by atoms with E-state index in [0.717, 1.165) is 6.42 Å². The van der Waals surface area contributed by atoms with Crippen molar-refractivity contribution in [2.24, 2.45) is 0 Å². The molecule has 0 heteroatoms. The van der Waals surface area contributed by atoms with Gasteiger partial charge in [0.1, 0.15) is 0 Å². The molecule has 0 radical (unpaired) electrons. The van der Waals surface area contributed by atoms with Gasteiger partial charge in [0, 0.05) is 0 Å². The molecule has 0 N–H and O–H groups in total. The third-order valence-electron chi connectivity index (χ3n) is 2.50. The van der Waals surface area contributed by atoms with E-state index in [1.54, 1.807) is 0 Å². The number of rotatable bonds is 9. The van der Waals surface area contributed by atoms with Crippen LogP contribution in [0.1, 0.15) is 92.4 Å². The summed E-state index contributed by atoms with van der Waals surface area (Å²) in [4.78, 5) is 0. The zero-order valence-corrected chi connectivity index (χ0v) is 13.8. The van der Waals surface area contributed by atoms with Crippen LogP contribution in [0.4, 0.5) is 0 Å². The predicted molar refractivity (Wildman–Crippen MR) is 89.3 cm³/mol. The average Bonchev–Trinajstić information content (AvgIpc) is 2.43. The highest BCUT2D eigenvalue weighted by molar-refractivity contribution is 4.85. The van der Waals surface area contributed by atoms with Gasteiger partial charge >= 0.3 is 0 Å². The Labute approximate surface area is 118 Å². The molecule has 0 nitrogen and oxygen atoms in total. The van der Waals surface area contributed by atoms with Crippen molar-refractivity contribution < 1.29 is 0 Å². The molecule has 0 saturated heterocycles. The molecule has 0 aromatic heterocycles. The van der Waals surface area contributed by atoms with Crippen LogP contribution in [0, 0.1) is 0 Å². The first kappa shape index (κ1) is 22.6. The van der Waals surface area contributed by atoms with Gasteiger partial charge in [0.25, 0.3) is 0 Å². The molecular weight excluding hydrogens is 216 g/mol. The van der Waals surface area contributed by atoms with Gasteiger partial charge in [0.2, 0.25) is 0 Å². The lowest BCUT2D eigenvalue weighted by molar-refractivity contribution is 0.585. The molecule has 0 rings (SSSR count). The molecule has 0 aliphatic carbocycles. The van der Waals surface area contributed by atoms with Gasteiger partial charge in [-0.15, -0.1) is 6.58 Å². The SMILES string of the molecule is C=CC/C=C\C.CC.CCCCCCCCCC. The predicted octanol–water partition coefficient (Wildman–Crippen LogP) is 7.31. The first-order valence-electron chi connectivity index (χ1n) is 8.05. The van der Waals surface area contributed by atoms with Crippen LogP contribution in [0.25, 0.3) is 0 Å². The number of unbranched alkanes of at least 4 members (excludes halogenated alkanes) is 7. The van der Waals surface area contributed by atoms with Gasteiger partial charge in [-0.2, -0.15) is 0 Å². The van der Waals surface area contributed by atoms with Crippen LogP contribution in [0.15, 0.2) is 24.8 Å². The van der Waals surface area contributed by atoms with Crippen LogP contribution < -0.4 is 0 Å². The van der Waals surface area contributed by atoms with E-state index in [4.69, 9.17) is 0 Å². The number of hydrogen-bond donors (Lipinski definition) is 0. The molecule has 0 spiro atoms. The average molecular weight is 255 g/mol. The summed E-state index contributed by atoms with van der Waals surface area (Å²) in [6.07, 6.45) is 18.4. The summed E-state index contributed by atoms with van der Waals surface area (Å²) in [6.45, 7) is 14.1. The highest BCUT2D eigenvalue weighted by Crippen LogP contribution is 2.07. The second-order valence-corrected chi connectivity index (χ2v) is 4.21. The zero-order valence-electron chi connectivity index (χ0n) is 13.8. The first-order chi connectivity index (χ1) is 8.83. The van der Waals surface area contributed by atoms with Gasteiger partial charge in [0.15, 0.2) is 0 Å². The lowest BCUT2D eigenvalue weighted by atomic mass is 10.1. The van der Waals surface area contributed by atoms with E-state index in [9.17, 15) is 0 Å². The van der Waals surface area contributed by atoms with Gasteiger partial charge < -0.3 is 0 Å². The maximum Gasteiger partial charge on any atom is -0.0172 e. The minimum Gasteiger partial charge on any atom is -0.103 e. The Hall–Kier alpha value is -0.520. The summed E-state index contributed by atoms with van der Waals surface area (Å²) < 4.78 is 0. The molecule has 0 unspecified atom stereocenters. The molecule has 0 aliphatic heterocycles. The lowest BCUT2D eigenvalue weighted by Crippen LogP contribution is -1.77. The topological polar surface area (TPSA) is 0 Å². The van der Waals surface area contributed by atoms with E-state index in [1.165, 1.54) is 51.4 Å². The van der Waals surface area contributed by atoms with Gasteiger partial charge in [-0.1, -0.05) is 97.3 Å². The Morgan fingerprint density at radius 2 is 1.17 bits per heavy atom. The minimum atomic E-state index is 0.997. The summed E-state index contributed by atoms with van der Waals surface area (Å²) in [5.74, 6) is 0. The Balaban J connectivity index is -0.000000241. The molecule has 0 amide bonds. The van der Waals surface area contributed by atoms with Crippen molar-refractivity contribution in [3.63, 3.8) is 0 Å². The monoisotopic (exact) mass is 254 g/mol. The third kappa shape index (κ3) is 36.1. The maximum atomic E-state index is 3.55. The van der Waals surface area contributed by atoms with Gasteiger partial charge in [-0.25, -0.2) is 0 Å². The summed E-state index contributed by atoms with van der Waals surface area (Å²) in [5.41, 5.74) is 0. The molecule has 0 aromatic rings. The number of allylic oxidation sites excluding steroid dienone is 3. The van der Waals surface area contributed by atoms with Crippen LogP contribution in [-0.4, -0.2) is 0 Å². The molecule has 0 saturated carbocycles. The van der Waals surface area contributed by atoms with Gasteiger partial charge in [-0.3, -0.25) is 0 Å². The fourth-order valence-corrected chi connectivity index (χ4v) is 1.44. The van der Waals surface area contributed by atoms with Gasteiger partial charge in [0.05, 0.1) is 0 Å². The Kier molecular flexibility index (Phi) is 37.7. The molecule has 18 heavy (non-hydrogen) atoms. The van der Waals surface area contributed by atoms with Crippen molar-refractivity contribution >= 4 is 0 Å². The van der Waals surface area contributed by atoms with Crippen LogP contribution in [0.2, 0.25) is 0 Å². The third-order valence-corrected chi connectivity index (χ3v) is 2.50. The van der Waals surface area contributed by atoms with Crippen molar-refractivity contribution in [2.45, 2.75) is 92.4 Å². The Bertz CT molecular complexity index is 125. The molecule has 0 bridgehead atoms. The molecule has 0 heterocycles. The van der Waals surface area contributed by atoms with Crippen molar-refractivity contribution in [1.29, 1.82) is 0 Å². The van der Waals surface area contributed by atoms with Crippen LogP contribution in [0.5, 0.6) is 0 Å². The van der Waals surface area contributed by atoms with Crippen molar-refractivity contribution in [2.75, 3.05) is 0 Å². The normalized spacial score (nSPS) is 9.17. The van der Waals surface area contributed by atoms with E-state index in [-0.39, 0.29) is 0 Å². The number of hydrogen-bond acceptors (Lipinski definition) is 0. The van der Waals surface area contributed by atoms with Crippen molar-refractivity contribution in [3.8, 4) is 0 Å². The Morgan fingerprint density at radius 1 is 0.778 bits per heavy atom. The van der Waals surface area contributed by atoms with Crippen molar-refractivity contribution in [1.82, 2.24) is 0 Å². The maximum absolute atomic E-state index is 3.55. The smallest absolute Gasteiger partial charge is 0.0172 e. The van der Waals surface area contributed by atoms with Crippen molar-refractivity contribution in [3.05, 3.63) is 24.8 Å². The largest absolute Gasteiger partial charge is 0.103 e. The molecule has 0 aromatic carbocycles. The summed E-state index contributed by atoms with van der Waals surface area (Å²) in [5, 5.41) is 0. The fraction of sp³-hybridized carbons (Fsp3) is 0.778. The quantitative estimate of drug-likeness (QED) is 0.299.